The number of hydrogen-bond donors (Lipinski definition) is 3. The van der Waals surface area contributed by atoms with Gasteiger partial charge in [0.15, 0.2) is 0 Å². The lowest BCUT2D eigenvalue weighted by Crippen LogP contribution is -2.29. The zero-order valence-corrected chi connectivity index (χ0v) is 18.4. The summed E-state index contributed by atoms with van der Waals surface area (Å²) in [4.78, 5) is 13.1. The molecule has 0 unspecified atom stereocenters. The maximum absolute atomic E-state index is 10.3. The zero-order chi connectivity index (χ0) is 20.8. The predicted octanol–water partition coefficient (Wildman–Crippen LogP) is 5.12. The van der Waals surface area contributed by atoms with E-state index in [2.05, 4.69) is 41.5 Å². The van der Waals surface area contributed by atoms with E-state index in [1.54, 1.807) is 0 Å². The van der Waals surface area contributed by atoms with Gasteiger partial charge in [0.1, 0.15) is 0 Å². The molecule has 9 heteroatoms. The van der Waals surface area contributed by atoms with Crippen LogP contribution in [0, 0.1) is 0 Å². The molecule has 3 rings (SSSR count). The predicted molar refractivity (Wildman–Crippen MR) is 119 cm³/mol. The third kappa shape index (κ3) is 6.28. The number of nitrogens with one attached hydrogen (secondary N) is 2. The van der Waals surface area contributed by atoms with Crippen LogP contribution >= 0.6 is 27.5 Å². The second-order valence-electron chi connectivity index (χ2n) is 6.68. The molecule has 152 valence electrons. The van der Waals surface area contributed by atoms with Gasteiger partial charge in [0, 0.05) is 22.6 Å². The van der Waals surface area contributed by atoms with Crippen LogP contribution in [0.25, 0.3) is 0 Å². The van der Waals surface area contributed by atoms with Gasteiger partial charge in [-0.25, -0.2) is 5.06 Å². The molecule has 0 radical (unpaired) electrons. The standard InChI is InChI=1S/C20H22BrClN6O/c1-13(2)28(29)20-26-18(23-11-14-6-8-17(22)9-7-14)25-19(27-20)24-12-15-4-3-5-16(21)10-15/h3-10,13,29H,11-12H2,1-2H3,(H2,23,24,25,26,27). The van der Waals surface area contributed by atoms with Crippen LogP contribution in [0.4, 0.5) is 17.8 Å². The maximum atomic E-state index is 10.3. The second-order valence-corrected chi connectivity index (χ2v) is 8.04. The van der Waals surface area contributed by atoms with Crippen LogP contribution in [0.15, 0.2) is 53.0 Å². The molecule has 1 heterocycles. The molecule has 0 spiro atoms. The average molecular weight is 478 g/mol. The summed E-state index contributed by atoms with van der Waals surface area (Å²) in [7, 11) is 0. The maximum Gasteiger partial charge on any atom is 0.256 e. The number of rotatable bonds is 8. The Morgan fingerprint density at radius 3 is 2.17 bits per heavy atom. The van der Waals surface area contributed by atoms with Crippen LogP contribution in [-0.4, -0.2) is 26.2 Å². The first-order valence-electron chi connectivity index (χ1n) is 9.11. The quantitative estimate of drug-likeness (QED) is 0.388. The first-order chi connectivity index (χ1) is 13.9. The van der Waals surface area contributed by atoms with Crippen molar-refractivity contribution in [1.29, 1.82) is 0 Å². The summed E-state index contributed by atoms with van der Waals surface area (Å²) < 4.78 is 1.000. The number of benzene rings is 2. The fourth-order valence-electron chi connectivity index (χ4n) is 2.47. The number of aromatic nitrogens is 3. The highest BCUT2D eigenvalue weighted by Gasteiger charge is 2.14. The number of halogens is 2. The van der Waals surface area contributed by atoms with Crippen molar-refractivity contribution in [3.05, 3.63) is 69.2 Å². The monoisotopic (exact) mass is 476 g/mol. The lowest BCUT2D eigenvalue weighted by atomic mass is 10.2. The van der Waals surface area contributed by atoms with Gasteiger partial charge in [-0.3, -0.25) is 5.21 Å². The SMILES string of the molecule is CC(C)N(O)c1nc(NCc2ccc(Cl)cc2)nc(NCc2cccc(Br)c2)n1. The third-order valence-electron chi connectivity index (χ3n) is 4.02. The van der Waals surface area contributed by atoms with Gasteiger partial charge in [-0.05, 0) is 49.2 Å². The molecule has 2 aromatic carbocycles. The lowest BCUT2D eigenvalue weighted by Gasteiger charge is -2.20. The number of nitrogens with zero attached hydrogens (tertiary/aromatic N) is 4. The van der Waals surface area contributed by atoms with Crippen molar-refractivity contribution in [2.24, 2.45) is 0 Å². The molecule has 3 aromatic rings. The normalized spacial score (nSPS) is 10.8. The van der Waals surface area contributed by atoms with Crippen LogP contribution in [-0.2, 0) is 13.1 Å². The van der Waals surface area contributed by atoms with Crippen LogP contribution in [0.1, 0.15) is 25.0 Å². The molecule has 0 amide bonds. The van der Waals surface area contributed by atoms with E-state index in [1.807, 2.05) is 62.4 Å². The van der Waals surface area contributed by atoms with Gasteiger partial charge < -0.3 is 10.6 Å². The van der Waals surface area contributed by atoms with Crippen molar-refractivity contribution in [3.8, 4) is 0 Å². The minimum Gasteiger partial charge on any atom is -0.350 e. The van der Waals surface area contributed by atoms with E-state index in [1.165, 1.54) is 0 Å². The molecule has 0 fully saturated rings. The topological polar surface area (TPSA) is 86.2 Å². The van der Waals surface area contributed by atoms with Gasteiger partial charge in [-0.2, -0.15) is 15.0 Å². The summed E-state index contributed by atoms with van der Waals surface area (Å²) in [6.07, 6.45) is 0. The zero-order valence-electron chi connectivity index (χ0n) is 16.1. The van der Waals surface area contributed by atoms with E-state index in [0.29, 0.717) is 30.0 Å². The van der Waals surface area contributed by atoms with Crippen molar-refractivity contribution in [3.63, 3.8) is 0 Å². The highest BCUT2D eigenvalue weighted by molar-refractivity contribution is 9.10. The van der Waals surface area contributed by atoms with E-state index >= 15 is 0 Å². The Hall–Kier alpha value is -2.42. The van der Waals surface area contributed by atoms with Gasteiger partial charge in [-0.1, -0.05) is 51.8 Å². The molecule has 1 aromatic heterocycles. The molecule has 3 N–H and O–H groups in total. The molecule has 0 saturated carbocycles. The molecule has 7 nitrogen and oxygen atoms in total. The Morgan fingerprint density at radius 1 is 0.966 bits per heavy atom. The molecule has 29 heavy (non-hydrogen) atoms. The Kier molecular flexibility index (Phi) is 7.24. The average Bonchev–Trinajstić information content (AvgIpc) is 2.71. The summed E-state index contributed by atoms with van der Waals surface area (Å²) in [5.74, 6) is 0.903. The first kappa shape index (κ1) is 21.3. The molecule has 0 aliphatic carbocycles. The van der Waals surface area contributed by atoms with E-state index in [9.17, 15) is 5.21 Å². The smallest absolute Gasteiger partial charge is 0.256 e. The summed E-state index contributed by atoms with van der Waals surface area (Å²) in [6, 6.07) is 15.3. The van der Waals surface area contributed by atoms with Crippen molar-refractivity contribution in [2.75, 3.05) is 15.7 Å². The van der Waals surface area contributed by atoms with Crippen molar-refractivity contribution < 1.29 is 5.21 Å². The summed E-state index contributed by atoms with van der Waals surface area (Å²) >= 11 is 9.40. The van der Waals surface area contributed by atoms with Crippen LogP contribution in [0.5, 0.6) is 0 Å². The summed E-state index contributed by atoms with van der Waals surface area (Å²) in [5.41, 5.74) is 2.10. The van der Waals surface area contributed by atoms with Gasteiger partial charge in [0.25, 0.3) is 5.95 Å². The Morgan fingerprint density at radius 2 is 1.59 bits per heavy atom. The molecular weight excluding hydrogens is 456 g/mol. The number of hydrogen-bond acceptors (Lipinski definition) is 7. The van der Waals surface area contributed by atoms with Gasteiger partial charge >= 0.3 is 0 Å². The minimum atomic E-state index is -0.181. The van der Waals surface area contributed by atoms with Crippen LogP contribution < -0.4 is 15.7 Å². The Balaban J connectivity index is 1.77. The summed E-state index contributed by atoms with van der Waals surface area (Å²) in [6.45, 7) is 4.74. The van der Waals surface area contributed by atoms with Crippen molar-refractivity contribution in [1.82, 2.24) is 15.0 Å². The van der Waals surface area contributed by atoms with Crippen molar-refractivity contribution >= 4 is 45.4 Å². The van der Waals surface area contributed by atoms with E-state index in [-0.39, 0.29) is 12.0 Å². The molecule has 0 bridgehead atoms. The van der Waals surface area contributed by atoms with Crippen LogP contribution in [0.2, 0.25) is 5.02 Å². The van der Waals surface area contributed by atoms with Crippen LogP contribution in [0.3, 0.4) is 0 Å². The fourth-order valence-corrected chi connectivity index (χ4v) is 3.04. The van der Waals surface area contributed by atoms with Crippen molar-refractivity contribution in [2.45, 2.75) is 33.0 Å². The summed E-state index contributed by atoms with van der Waals surface area (Å²) in [5, 5.41) is 18.3. The highest BCUT2D eigenvalue weighted by atomic mass is 79.9. The van der Waals surface area contributed by atoms with E-state index in [4.69, 9.17) is 11.6 Å². The van der Waals surface area contributed by atoms with E-state index in [0.717, 1.165) is 20.7 Å². The van der Waals surface area contributed by atoms with E-state index < -0.39 is 0 Å². The number of anilines is 3. The van der Waals surface area contributed by atoms with Gasteiger partial charge in [-0.15, -0.1) is 0 Å². The fraction of sp³-hybridized carbons (Fsp3) is 0.250. The van der Waals surface area contributed by atoms with Gasteiger partial charge in [0.2, 0.25) is 11.9 Å². The second kappa shape index (κ2) is 9.87. The molecule has 0 saturated heterocycles. The third-order valence-corrected chi connectivity index (χ3v) is 4.77. The molecular formula is C20H22BrClN6O. The number of hydroxylamine groups is 1. The minimum absolute atomic E-state index is 0.172. The lowest BCUT2D eigenvalue weighted by molar-refractivity contribution is 0.222. The first-order valence-corrected chi connectivity index (χ1v) is 10.3. The molecule has 0 aliphatic rings. The molecule has 0 aliphatic heterocycles. The highest BCUT2D eigenvalue weighted by Crippen LogP contribution is 2.17. The molecule has 0 atom stereocenters. The Labute approximate surface area is 183 Å². The van der Waals surface area contributed by atoms with Gasteiger partial charge in [0.05, 0.1) is 6.04 Å². The largest absolute Gasteiger partial charge is 0.350 e. The Bertz CT molecular complexity index is 954.